The summed E-state index contributed by atoms with van der Waals surface area (Å²) in [6.45, 7) is 4.04. The first kappa shape index (κ1) is 17.8. The number of likely N-dealkylation sites (N-methyl/N-ethyl adjacent to an activating group) is 1. The Hall–Kier alpha value is -2.59. The number of aromatic nitrogens is 1. The maximum absolute atomic E-state index is 13.1. The Morgan fingerprint density at radius 1 is 1.11 bits per heavy atom. The van der Waals surface area contributed by atoms with Crippen LogP contribution >= 0.6 is 0 Å². The van der Waals surface area contributed by atoms with E-state index >= 15 is 0 Å². The number of para-hydroxylation sites is 1. The van der Waals surface area contributed by atoms with Crippen molar-refractivity contribution in [3.8, 4) is 0 Å². The number of nitrogens with one attached hydrogen (secondary N) is 1. The minimum absolute atomic E-state index is 0.0173. The highest BCUT2D eigenvalue weighted by Gasteiger charge is 2.29. The molecule has 0 aliphatic heterocycles. The summed E-state index contributed by atoms with van der Waals surface area (Å²) in [5.74, 6) is 0.497. The molecule has 140 valence electrons. The number of benzene rings is 2. The summed E-state index contributed by atoms with van der Waals surface area (Å²) < 4.78 is 2.19. The molecule has 1 heterocycles. The van der Waals surface area contributed by atoms with Crippen molar-refractivity contribution in [2.75, 3.05) is 20.6 Å². The number of hydrogen-bond acceptors (Lipinski definition) is 2. The lowest BCUT2D eigenvalue weighted by atomic mass is 10.0. The molecule has 1 amide bonds. The van der Waals surface area contributed by atoms with Crippen LogP contribution in [0.15, 0.2) is 54.7 Å². The van der Waals surface area contributed by atoms with Gasteiger partial charge in [0.2, 0.25) is 0 Å². The normalized spacial score (nSPS) is 18.8. The molecule has 3 aromatic rings. The summed E-state index contributed by atoms with van der Waals surface area (Å²) in [4.78, 5) is 15.3. The molecule has 0 bridgehead atoms. The number of rotatable bonds is 5. The molecule has 2 atom stereocenters. The first-order chi connectivity index (χ1) is 13.0. The van der Waals surface area contributed by atoms with Crippen molar-refractivity contribution in [1.82, 2.24) is 14.8 Å². The summed E-state index contributed by atoms with van der Waals surface area (Å²) >= 11 is 0. The van der Waals surface area contributed by atoms with Crippen molar-refractivity contribution in [3.05, 3.63) is 71.4 Å². The highest BCUT2D eigenvalue weighted by Crippen LogP contribution is 2.39. The Bertz CT molecular complexity index is 973. The Morgan fingerprint density at radius 2 is 1.81 bits per heavy atom. The number of carbonyl (C=O) groups is 1. The van der Waals surface area contributed by atoms with E-state index in [2.05, 4.69) is 66.1 Å². The molecule has 4 heteroatoms. The summed E-state index contributed by atoms with van der Waals surface area (Å²) in [5, 5.41) is 4.31. The molecule has 1 aliphatic rings. The fraction of sp³-hybridized carbons (Fsp3) is 0.348. The molecule has 1 aromatic heterocycles. The van der Waals surface area contributed by atoms with Gasteiger partial charge in [-0.1, -0.05) is 49.4 Å². The van der Waals surface area contributed by atoms with E-state index in [1.165, 1.54) is 11.1 Å². The highest BCUT2D eigenvalue weighted by molar-refractivity contribution is 6.07. The summed E-state index contributed by atoms with van der Waals surface area (Å²) in [5.41, 5.74) is 4.50. The Balaban J connectivity index is 1.62. The van der Waals surface area contributed by atoms with Gasteiger partial charge in [0.05, 0.1) is 11.6 Å². The monoisotopic (exact) mass is 361 g/mol. The largest absolute Gasteiger partial charge is 0.345 e. The third-order valence-electron chi connectivity index (χ3n) is 5.62. The molecule has 0 saturated heterocycles. The van der Waals surface area contributed by atoms with Crippen LogP contribution in [0.2, 0.25) is 0 Å². The van der Waals surface area contributed by atoms with Gasteiger partial charge in [0.25, 0.3) is 5.91 Å². The van der Waals surface area contributed by atoms with E-state index in [1.54, 1.807) is 0 Å². The van der Waals surface area contributed by atoms with Gasteiger partial charge in [0.15, 0.2) is 0 Å². The zero-order valence-corrected chi connectivity index (χ0v) is 16.3. The quantitative estimate of drug-likeness (QED) is 0.740. The van der Waals surface area contributed by atoms with Gasteiger partial charge in [-0.3, -0.25) is 4.79 Å². The molecule has 0 saturated carbocycles. The molecule has 4 rings (SSSR count). The molecule has 0 fully saturated rings. The predicted molar refractivity (Wildman–Crippen MR) is 110 cm³/mol. The van der Waals surface area contributed by atoms with Crippen LogP contribution in [0.5, 0.6) is 0 Å². The van der Waals surface area contributed by atoms with Crippen molar-refractivity contribution >= 4 is 16.8 Å². The summed E-state index contributed by atoms with van der Waals surface area (Å²) in [6, 6.07) is 16.7. The zero-order valence-electron chi connectivity index (χ0n) is 16.3. The lowest BCUT2D eigenvalue weighted by Gasteiger charge is -2.14. The van der Waals surface area contributed by atoms with Crippen LogP contribution in [0.4, 0.5) is 0 Å². The van der Waals surface area contributed by atoms with Crippen LogP contribution in [0, 0.1) is 0 Å². The lowest BCUT2D eigenvalue weighted by molar-refractivity contribution is 0.0937. The minimum atomic E-state index is 0.0173. The fourth-order valence-corrected chi connectivity index (χ4v) is 4.18. The second kappa shape index (κ2) is 7.20. The molecule has 4 nitrogen and oxygen atoms in total. The SMILES string of the molecule is CC1CC(NC(=O)c2cn(CCN(C)C)c3ccccc23)c2ccccc21. The average Bonchev–Trinajstić information content (AvgIpc) is 3.19. The van der Waals surface area contributed by atoms with Crippen LogP contribution in [-0.4, -0.2) is 36.0 Å². The highest BCUT2D eigenvalue weighted by atomic mass is 16.1. The fourth-order valence-electron chi connectivity index (χ4n) is 4.18. The van der Waals surface area contributed by atoms with Gasteiger partial charge >= 0.3 is 0 Å². The molecule has 27 heavy (non-hydrogen) atoms. The number of nitrogens with zero attached hydrogens (tertiary/aromatic N) is 2. The third-order valence-corrected chi connectivity index (χ3v) is 5.62. The number of hydrogen-bond donors (Lipinski definition) is 1. The Morgan fingerprint density at radius 3 is 2.59 bits per heavy atom. The maximum Gasteiger partial charge on any atom is 0.253 e. The van der Waals surface area contributed by atoms with Crippen molar-refractivity contribution in [1.29, 1.82) is 0 Å². The molecule has 2 aromatic carbocycles. The van der Waals surface area contributed by atoms with Gasteiger partial charge in [-0.25, -0.2) is 0 Å². The van der Waals surface area contributed by atoms with Gasteiger partial charge in [-0.2, -0.15) is 0 Å². The molecular weight excluding hydrogens is 334 g/mol. The van der Waals surface area contributed by atoms with Crippen molar-refractivity contribution in [3.63, 3.8) is 0 Å². The second-order valence-corrected chi connectivity index (χ2v) is 7.85. The van der Waals surface area contributed by atoms with Gasteiger partial charge in [0.1, 0.15) is 0 Å². The average molecular weight is 361 g/mol. The molecular formula is C23H27N3O. The Labute approximate surface area is 160 Å². The van der Waals surface area contributed by atoms with E-state index in [4.69, 9.17) is 0 Å². The van der Waals surface area contributed by atoms with Gasteiger partial charge in [0, 0.05) is 30.2 Å². The predicted octanol–water partition coefficient (Wildman–Crippen LogP) is 4.18. The second-order valence-electron chi connectivity index (χ2n) is 7.85. The number of amides is 1. The maximum atomic E-state index is 13.1. The number of carbonyl (C=O) groups excluding carboxylic acids is 1. The summed E-state index contributed by atoms with van der Waals surface area (Å²) in [7, 11) is 4.13. The number of fused-ring (bicyclic) bond motifs is 2. The van der Waals surface area contributed by atoms with Gasteiger partial charge in [-0.05, 0) is 43.6 Å². The molecule has 0 spiro atoms. The van der Waals surface area contributed by atoms with Gasteiger partial charge < -0.3 is 14.8 Å². The first-order valence-corrected chi connectivity index (χ1v) is 9.67. The minimum Gasteiger partial charge on any atom is -0.345 e. The topological polar surface area (TPSA) is 37.3 Å². The van der Waals surface area contributed by atoms with E-state index in [-0.39, 0.29) is 11.9 Å². The van der Waals surface area contributed by atoms with E-state index in [0.717, 1.165) is 36.0 Å². The zero-order chi connectivity index (χ0) is 19.0. The molecule has 2 unspecified atom stereocenters. The van der Waals surface area contributed by atoms with E-state index < -0.39 is 0 Å². The smallest absolute Gasteiger partial charge is 0.253 e. The molecule has 0 radical (unpaired) electrons. The van der Waals surface area contributed by atoms with Crippen LogP contribution in [0.3, 0.4) is 0 Å². The molecule has 1 aliphatic carbocycles. The standard InChI is InChI=1S/C23H27N3O/c1-16-14-21(18-9-5-4-8-17(16)18)24-23(27)20-15-26(13-12-25(2)3)22-11-7-6-10-19(20)22/h4-11,15-16,21H,12-14H2,1-3H3,(H,24,27). The van der Waals surface area contributed by atoms with E-state index in [9.17, 15) is 4.79 Å². The van der Waals surface area contributed by atoms with E-state index in [1.807, 2.05) is 24.4 Å². The van der Waals surface area contributed by atoms with Crippen molar-refractivity contribution < 1.29 is 4.79 Å². The third kappa shape index (κ3) is 3.37. The first-order valence-electron chi connectivity index (χ1n) is 9.67. The molecule has 1 N–H and O–H groups in total. The lowest BCUT2D eigenvalue weighted by Crippen LogP contribution is -2.27. The van der Waals surface area contributed by atoms with Crippen LogP contribution in [-0.2, 0) is 6.54 Å². The van der Waals surface area contributed by atoms with Crippen molar-refractivity contribution in [2.45, 2.75) is 31.8 Å². The van der Waals surface area contributed by atoms with Crippen LogP contribution in [0.25, 0.3) is 10.9 Å². The van der Waals surface area contributed by atoms with Crippen molar-refractivity contribution in [2.24, 2.45) is 0 Å². The van der Waals surface area contributed by atoms with Crippen LogP contribution < -0.4 is 5.32 Å². The van der Waals surface area contributed by atoms with E-state index in [0.29, 0.717) is 5.92 Å². The van der Waals surface area contributed by atoms with Crippen LogP contribution in [0.1, 0.15) is 46.8 Å². The summed E-state index contributed by atoms with van der Waals surface area (Å²) in [6.07, 6.45) is 2.97. The Kier molecular flexibility index (Phi) is 4.75. The van der Waals surface area contributed by atoms with Gasteiger partial charge in [-0.15, -0.1) is 0 Å².